The summed E-state index contributed by atoms with van der Waals surface area (Å²) < 4.78 is 35.0. The van der Waals surface area contributed by atoms with Gasteiger partial charge in [0.2, 0.25) is 0 Å². The molecule has 0 radical (unpaired) electrons. The van der Waals surface area contributed by atoms with Gasteiger partial charge in [-0.05, 0) is 47.0 Å². The van der Waals surface area contributed by atoms with Crippen molar-refractivity contribution in [1.29, 1.82) is 0 Å². The zero-order valence-electron chi connectivity index (χ0n) is 17.3. The van der Waals surface area contributed by atoms with Crippen LogP contribution in [0.2, 0.25) is 0 Å². The third-order valence-corrected chi connectivity index (χ3v) is 5.09. The molecule has 0 atom stereocenters. The largest absolute Gasteiger partial charge is 0.466 e. The fourth-order valence-corrected chi connectivity index (χ4v) is 4.26. The maximum Gasteiger partial charge on any atom is 0.408 e. The first kappa shape index (κ1) is 24.9. The maximum atomic E-state index is 13.1. The lowest BCUT2D eigenvalue weighted by atomic mass is 9.47. The van der Waals surface area contributed by atoms with Gasteiger partial charge >= 0.3 is 12.1 Å². The van der Waals surface area contributed by atoms with E-state index < -0.39 is 23.0 Å². The standard InChI is InChI=1S/C10H16FNO2.C5H8FN.C4H8O2.ClH/c1-8(2,3)14-7(13)12-10-4-9(11,5-10)6-10;6-4-1-5(7,2-4)3-4;1-3-6-4(2)5;/h4-6H2,1-3H3,(H,12,13);1-3,7H2;3H2,1-2H3;1H. The molecule has 6 rings (SSSR count). The van der Waals surface area contributed by atoms with Crippen LogP contribution in [0.15, 0.2) is 0 Å². The van der Waals surface area contributed by atoms with Gasteiger partial charge in [0, 0.05) is 31.7 Å². The SMILES string of the molecule is CC(C)(C)OC(=O)NC12CC(F)(C1)C2.CCOC(C)=O.Cl.NC12CC(F)(C1)C2. The van der Waals surface area contributed by atoms with Crippen LogP contribution in [0.4, 0.5) is 13.6 Å². The van der Waals surface area contributed by atoms with Crippen molar-refractivity contribution in [2.75, 3.05) is 6.61 Å². The van der Waals surface area contributed by atoms with E-state index in [1.165, 1.54) is 6.92 Å². The van der Waals surface area contributed by atoms with Crippen LogP contribution in [0.25, 0.3) is 0 Å². The summed E-state index contributed by atoms with van der Waals surface area (Å²) in [6.45, 7) is 9.09. The molecular weight excluding hydrogens is 394 g/mol. The summed E-state index contributed by atoms with van der Waals surface area (Å²) in [6, 6.07) is 0. The highest BCUT2D eigenvalue weighted by molar-refractivity contribution is 5.85. The quantitative estimate of drug-likeness (QED) is 0.656. The average Bonchev–Trinajstić information content (AvgIpc) is 2.31. The Hall–Kier alpha value is -1.15. The lowest BCUT2D eigenvalue weighted by Gasteiger charge is -2.65. The monoisotopic (exact) mass is 426 g/mol. The number of alkyl carbamates (subject to hydrolysis) is 1. The Balaban J connectivity index is 0.000000235. The molecule has 0 spiro atoms. The smallest absolute Gasteiger partial charge is 0.408 e. The molecule has 0 aromatic carbocycles. The van der Waals surface area contributed by atoms with Gasteiger partial charge in [0.05, 0.1) is 12.1 Å². The summed E-state index contributed by atoms with van der Waals surface area (Å²) in [5.74, 6) is -0.211. The molecule has 3 N–H and O–H groups in total. The average molecular weight is 427 g/mol. The molecule has 4 bridgehead atoms. The highest BCUT2D eigenvalue weighted by Crippen LogP contribution is 2.63. The first-order chi connectivity index (χ1) is 12.1. The van der Waals surface area contributed by atoms with E-state index in [4.69, 9.17) is 10.5 Å². The molecule has 6 nitrogen and oxygen atoms in total. The number of esters is 1. The first-order valence-electron chi connectivity index (χ1n) is 9.43. The van der Waals surface area contributed by atoms with Crippen molar-refractivity contribution in [3.8, 4) is 0 Å². The molecule has 9 heteroatoms. The van der Waals surface area contributed by atoms with Gasteiger partial charge < -0.3 is 20.5 Å². The van der Waals surface area contributed by atoms with Crippen LogP contribution in [0.1, 0.15) is 73.1 Å². The highest BCUT2D eigenvalue weighted by Gasteiger charge is 2.70. The predicted molar refractivity (Wildman–Crippen MR) is 104 cm³/mol. The Morgan fingerprint density at radius 1 is 1.04 bits per heavy atom. The molecular formula is C19H33ClF2N2O4. The zero-order valence-corrected chi connectivity index (χ0v) is 18.1. The van der Waals surface area contributed by atoms with Crippen molar-refractivity contribution < 1.29 is 27.8 Å². The van der Waals surface area contributed by atoms with E-state index in [1.807, 2.05) is 20.8 Å². The summed E-state index contributed by atoms with van der Waals surface area (Å²) in [7, 11) is 0. The number of carbonyl (C=O) groups is 2. The van der Waals surface area contributed by atoms with Crippen LogP contribution in [0, 0.1) is 0 Å². The van der Waals surface area contributed by atoms with Gasteiger partial charge in [0.25, 0.3) is 0 Å². The fourth-order valence-electron chi connectivity index (χ4n) is 4.26. The summed E-state index contributed by atoms with van der Waals surface area (Å²) >= 11 is 0. The van der Waals surface area contributed by atoms with Gasteiger partial charge in [-0.2, -0.15) is 0 Å². The summed E-state index contributed by atoms with van der Waals surface area (Å²) in [6.07, 6.45) is 2.82. The molecule has 0 aliphatic heterocycles. The Bertz CT molecular complexity index is 558. The second-order valence-corrected chi connectivity index (χ2v) is 9.56. The number of alkyl halides is 2. The number of halogens is 3. The van der Waals surface area contributed by atoms with Crippen LogP contribution < -0.4 is 11.1 Å². The number of rotatable bonds is 2. The van der Waals surface area contributed by atoms with Gasteiger partial charge in [-0.3, -0.25) is 4.79 Å². The molecule has 6 fully saturated rings. The molecule has 6 aliphatic carbocycles. The van der Waals surface area contributed by atoms with Crippen molar-refractivity contribution in [1.82, 2.24) is 5.32 Å². The van der Waals surface area contributed by atoms with E-state index >= 15 is 0 Å². The van der Waals surface area contributed by atoms with Gasteiger partial charge in [0.15, 0.2) is 0 Å². The molecule has 164 valence electrons. The summed E-state index contributed by atoms with van der Waals surface area (Å²) in [4.78, 5) is 21.2. The number of nitrogens with one attached hydrogen (secondary N) is 1. The van der Waals surface area contributed by atoms with Crippen molar-refractivity contribution in [2.24, 2.45) is 5.73 Å². The number of carbonyl (C=O) groups excluding carboxylic acids is 2. The Kier molecular flexibility index (Phi) is 7.05. The second kappa shape index (κ2) is 7.94. The van der Waals surface area contributed by atoms with Crippen LogP contribution in [-0.2, 0) is 14.3 Å². The normalized spacial score (nSPS) is 37.9. The third-order valence-electron chi connectivity index (χ3n) is 5.09. The lowest BCUT2D eigenvalue weighted by Crippen LogP contribution is -2.77. The molecule has 0 aromatic rings. The Morgan fingerprint density at radius 3 is 1.64 bits per heavy atom. The van der Waals surface area contributed by atoms with Gasteiger partial charge in [0.1, 0.15) is 16.9 Å². The molecule has 1 amide bonds. The second-order valence-electron chi connectivity index (χ2n) is 9.56. The van der Waals surface area contributed by atoms with E-state index in [0.29, 0.717) is 45.1 Å². The topological polar surface area (TPSA) is 90.6 Å². The van der Waals surface area contributed by atoms with Crippen molar-refractivity contribution in [2.45, 2.75) is 101 Å². The van der Waals surface area contributed by atoms with Gasteiger partial charge in [-0.25, -0.2) is 13.6 Å². The van der Waals surface area contributed by atoms with Crippen molar-refractivity contribution in [3.63, 3.8) is 0 Å². The van der Waals surface area contributed by atoms with Crippen LogP contribution in [-0.4, -0.2) is 46.7 Å². The summed E-state index contributed by atoms with van der Waals surface area (Å²) in [5.41, 5.74) is 2.95. The molecule has 0 saturated heterocycles. The van der Waals surface area contributed by atoms with Crippen LogP contribution in [0.5, 0.6) is 0 Å². The number of hydrogen-bond donors (Lipinski definition) is 2. The van der Waals surface area contributed by atoms with Crippen LogP contribution in [0.3, 0.4) is 0 Å². The molecule has 0 aromatic heterocycles. The van der Waals surface area contributed by atoms with Crippen LogP contribution >= 0.6 is 12.4 Å². The molecule has 0 unspecified atom stereocenters. The maximum absolute atomic E-state index is 13.1. The molecule has 6 aliphatic rings. The number of ether oxygens (including phenoxy) is 2. The van der Waals surface area contributed by atoms with Gasteiger partial charge in [-0.1, -0.05) is 0 Å². The van der Waals surface area contributed by atoms with E-state index in [-0.39, 0.29) is 29.5 Å². The third kappa shape index (κ3) is 6.17. The van der Waals surface area contributed by atoms with Gasteiger partial charge in [-0.15, -0.1) is 12.4 Å². The minimum atomic E-state index is -0.977. The fraction of sp³-hybridized carbons (Fsp3) is 0.895. The van der Waals surface area contributed by atoms with Crippen molar-refractivity contribution in [3.05, 3.63) is 0 Å². The minimum absolute atomic E-state index is 0. The molecule has 6 saturated carbocycles. The predicted octanol–water partition coefficient (Wildman–Crippen LogP) is 3.74. The zero-order chi connectivity index (χ0) is 20.7. The first-order valence-corrected chi connectivity index (χ1v) is 9.43. The van der Waals surface area contributed by atoms with E-state index in [9.17, 15) is 18.4 Å². The van der Waals surface area contributed by atoms with E-state index in [2.05, 4.69) is 10.1 Å². The van der Waals surface area contributed by atoms with E-state index in [1.54, 1.807) is 6.92 Å². The number of amides is 1. The van der Waals surface area contributed by atoms with E-state index in [0.717, 1.165) is 0 Å². The highest BCUT2D eigenvalue weighted by atomic mass is 35.5. The minimum Gasteiger partial charge on any atom is -0.466 e. The molecule has 28 heavy (non-hydrogen) atoms. The Morgan fingerprint density at radius 2 is 1.46 bits per heavy atom. The number of nitrogens with two attached hydrogens (primary N) is 1. The Labute approximate surface area is 171 Å². The summed E-state index contributed by atoms with van der Waals surface area (Å²) in [5, 5.41) is 2.74. The number of hydrogen-bond acceptors (Lipinski definition) is 5. The lowest BCUT2D eigenvalue weighted by molar-refractivity contribution is -0.166. The molecule has 0 heterocycles. The van der Waals surface area contributed by atoms with Crippen molar-refractivity contribution >= 4 is 24.5 Å².